The molecule has 0 spiro atoms. The van der Waals surface area contributed by atoms with Gasteiger partial charge in [-0.25, -0.2) is 5.43 Å². The fourth-order valence-corrected chi connectivity index (χ4v) is 5.91. The molecule has 0 aromatic heterocycles. The number of hydrazone groups is 1. The van der Waals surface area contributed by atoms with Gasteiger partial charge in [-0.15, -0.1) is 0 Å². The zero-order chi connectivity index (χ0) is 19.0. The third-order valence-electron chi connectivity index (χ3n) is 6.41. The zero-order valence-electron chi connectivity index (χ0n) is 15.6. The van der Waals surface area contributed by atoms with Gasteiger partial charge in [0.1, 0.15) is 0 Å². The lowest BCUT2D eigenvalue weighted by molar-refractivity contribution is -0.123. The van der Waals surface area contributed by atoms with Crippen LogP contribution in [0.1, 0.15) is 55.8 Å². The molecule has 1 aromatic carbocycles. The Morgan fingerprint density at radius 2 is 1.78 bits per heavy atom. The van der Waals surface area contributed by atoms with Crippen LogP contribution in [0.15, 0.2) is 33.8 Å². The van der Waals surface area contributed by atoms with E-state index in [-0.39, 0.29) is 18.2 Å². The number of amides is 2. The van der Waals surface area contributed by atoms with Crippen molar-refractivity contribution in [1.82, 2.24) is 10.7 Å². The number of nitrogens with one attached hydrogen (secondary N) is 2. The van der Waals surface area contributed by atoms with Crippen LogP contribution < -0.4 is 10.7 Å². The van der Waals surface area contributed by atoms with Gasteiger partial charge in [-0.3, -0.25) is 9.59 Å². The molecule has 4 saturated carbocycles. The van der Waals surface area contributed by atoms with Crippen molar-refractivity contribution in [3.8, 4) is 0 Å². The van der Waals surface area contributed by atoms with Crippen molar-refractivity contribution in [2.24, 2.45) is 28.8 Å². The maximum atomic E-state index is 12.5. The Balaban J connectivity index is 1.29. The lowest BCUT2D eigenvalue weighted by Gasteiger charge is -2.54. The summed E-state index contributed by atoms with van der Waals surface area (Å²) in [5.41, 5.74) is 3.67. The van der Waals surface area contributed by atoms with Crippen LogP contribution in [0.2, 0.25) is 0 Å². The predicted molar refractivity (Wildman–Crippen MR) is 108 cm³/mol. The summed E-state index contributed by atoms with van der Waals surface area (Å²) in [4.78, 5) is 24.6. The van der Waals surface area contributed by atoms with Crippen LogP contribution >= 0.6 is 15.9 Å². The molecule has 27 heavy (non-hydrogen) atoms. The van der Waals surface area contributed by atoms with Gasteiger partial charge in [0, 0.05) is 21.8 Å². The molecule has 0 heterocycles. The lowest BCUT2D eigenvalue weighted by Crippen LogP contribution is -2.56. The van der Waals surface area contributed by atoms with Crippen molar-refractivity contribution >= 4 is 33.5 Å². The normalized spacial score (nSPS) is 31.6. The first-order valence-electron chi connectivity index (χ1n) is 9.86. The maximum absolute atomic E-state index is 12.5. The van der Waals surface area contributed by atoms with Crippen LogP contribution in [0.25, 0.3) is 0 Å². The second kappa shape index (κ2) is 7.74. The van der Waals surface area contributed by atoms with Crippen LogP contribution in [0, 0.1) is 23.7 Å². The van der Waals surface area contributed by atoms with E-state index >= 15 is 0 Å². The molecule has 5 nitrogen and oxygen atoms in total. The van der Waals surface area contributed by atoms with Crippen LogP contribution in [-0.2, 0) is 4.79 Å². The van der Waals surface area contributed by atoms with Gasteiger partial charge in [0.15, 0.2) is 0 Å². The summed E-state index contributed by atoms with van der Waals surface area (Å²) in [6.45, 7) is 1.78. The van der Waals surface area contributed by atoms with E-state index in [1.165, 1.54) is 32.1 Å². The molecule has 1 aromatic rings. The monoisotopic (exact) mass is 431 g/mol. The first kappa shape index (κ1) is 18.7. The average molecular weight is 432 g/mol. The van der Waals surface area contributed by atoms with E-state index in [1.807, 2.05) is 6.07 Å². The quantitative estimate of drug-likeness (QED) is 0.548. The number of carbonyl (C=O) groups excluding carboxylic acids is 2. The molecule has 2 amide bonds. The molecule has 0 unspecified atom stereocenters. The number of benzene rings is 1. The Morgan fingerprint density at radius 1 is 1.11 bits per heavy atom. The number of hydrogen-bond donors (Lipinski definition) is 2. The van der Waals surface area contributed by atoms with E-state index in [0.29, 0.717) is 29.2 Å². The molecule has 0 radical (unpaired) electrons. The minimum absolute atomic E-state index is 0.0189. The van der Waals surface area contributed by atoms with E-state index in [9.17, 15) is 9.59 Å². The van der Waals surface area contributed by atoms with Gasteiger partial charge in [-0.05, 0) is 80.9 Å². The summed E-state index contributed by atoms with van der Waals surface area (Å²) in [5, 5.41) is 7.38. The summed E-state index contributed by atoms with van der Waals surface area (Å²) in [6, 6.07) is 7.46. The first-order chi connectivity index (χ1) is 13.0. The molecular weight excluding hydrogens is 406 g/mol. The number of carbonyl (C=O) groups is 2. The topological polar surface area (TPSA) is 70.6 Å². The van der Waals surface area contributed by atoms with E-state index in [4.69, 9.17) is 0 Å². The fourth-order valence-electron chi connectivity index (χ4n) is 5.51. The first-order valence-corrected chi connectivity index (χ1v) is 10.7. The maximum Gasteiger partial charge on any atom is 0.271 e. The van der Waals surface area contributed by atoms with Crippen LogP contribution in [0.5, 0.6) is 0 Å². The Bertz CT molecular complexity index is 748. The zero-order valence-corrected chi connectivity index (χ0v) is 17.2. The SMILES string of the molecule is CC(CC(=O)NC1C2CC3CC(C2)CC1C3)=NNC(=O)c1cccc(Br)c1. The Labute approximate surface area is 168 Å². The van der Waals surface area contributed by atoms with Gasteiger partial charge in [0.25, 0.3) is 5.91 Å². The van der Waals surface area contributed by atoms with Crippen LogP contribution in [-0.4, -0.2) is 23.6 Å². The van der Waals surface area contributed by atoms with Crippen LogP contribution in [0.3, 0.4) is 0 Å². The minimum Gasteiger partial charge on any atom is -0.352 e. The minimum atomic E-state index is -0.280. The summed E-state index contributed by atoms with van der Waals surface area (Å²) < 4.78 is 0.839. The van der Waals surface area contributed by atoms with E-state index in [2.05, 4.69) is 31.8 Å². The van der Waals surface area contributed by atoms with E-state index < -0.39 is 0 Å². The van der Waals surface area contributed by atoms with Crippen molar-refractivity contribution in [3.63, 3.8) is 0 Å². The van der Waals surface area contributed by atoms with Crippen molar-refractivity contribution in [2.45, 2.75) is 51.5 Å². The average Bonchev–Trinajstić information content (AvgIpc) is 2.62. The highest BCUT2D eigenvalue weighted by atomic mass is 79.9. The Hall–Kier alpha value is -1.69. The molecular formula is C21H26BrN3O2. The fraction of sp³-hybridized carbons (Fsp3) is 0.571. The summed E-state index contributed by atoms with van der Waals surface area (Å²) >= 11 is 3.35. The van der Waals surface area contributed by atoms with Crippen molar-refractivity contribution in [3.05, 3.63) is 34.3 Å². The number of nitrogens with zero attached hydrogens (tertiary/aromatic N) is 1. The highest BCUT2D eigenvalue weighted by Crippen LogP contribution is 2.53. The van der Waals surface area contributed by atoms with Gasteiger partial charge in [-0.1, -0.05) is 22.0 Å². The number of rotatable bonds is 5. The van der Waals surface area contributed by atoms with Gasteiger partial charge in [0.05, 0.1) is 6.42 Å². The molecule has 5 rings (SSSR count). The molecule has 4 aliphatic rings. The van der Waals surface area contributed by atoms with Crippen molar-refractivity contribution in [1.29, 1.82) is 0 Å². The van der Waals surface area contributed by atoms with Gasteiger partial charge in [-0.2, -0.15) is 5.10 Å². The Morgan fingerprint density at radius 3 is 2.41 bits per heavy atom. The molecule has 0 atom stereocenters. The second-order valence-corrected chi connectivity index (χ2v) is 9.41. The third kappa shape index (κ3) is 4.26. The van der Waals surface area contributed by atoms with Crippen molar-refractivity contribution in [2.75, 3.05) is 0 Å². The van der Waals surface area contributed by atoms with Crippen LogP contribution in [0.4, 0.5) is 0 Å². The standard InChI is InChI=1S/C21H26BrN3O2/c1-12(24-25-21(27)15-3-2-4-18(22)11-15)5-19(26)23-20-16-7-13-6-14(9-16)10-17(20)8-13/h2-4,11,13-14,16-17,20H,5-10H2,1H3,(H,23,26)(H,25,27). The summed E-state index contributed by atoms with van der Waals surface area (Å²) in [6.07, 6.45) is 6.78. The molecule has 4 aliphatic carbocycles. The third-order valence-corrected chi connectivity index (χ3v) is 6.90. The van der Waals surface area contributed by atoms with Gasteiger partial charge >= 0.3 is 0 Å². The molecule has 0 saturated heterocycles. The lowest BCUT2D eigenvalue weighted by atomic mass is 9.54. The van der Waals surface area contributed by atoms with Gasteiger partial charge in [0.2, 0.25) is 5.91 Å². The molecule has 0 aliphatic heterocycles. The van der Waals surface area contributed by atoms with Crippen molar-refractivity contribution < 1.29 is 9.59 Å². The highest BCUT2D eigenvalue weighted by molar-refractivity contribution is 9.10. The number of hydrogen-bond acceptors (Lipinski definition) is 3. The molecule has 6 heteroatoms. The molecule has 144 valence electrons. The molecule has 4 fully saturated rings. The van der Waals surface area contributed by atoms with Gasteiger partial charge < -0.3 is 5.32 Å². The molecule has 2 N–H and O–H groups in total. The smallest absolute Gasteiger partial charge is 0.271 e. The molecule has 4 bridgehead atoms. The Kier molecular flexibility index (Phi) is 5.35. The summed E-state index contributed by atoms with van der Waals surface area (Å²) in [7, 11) is 0. The summed E-state index contributed by atoms with van der Waals surface area (Å²) in [5.74, 6) is 2.87. The van der Waals surface area contributed by atoms with E-state index in [0.717, 1.165) is 16.3 Å². The van der Waals surface area contributed by atoms with E-state index in [1.54, 1.807) is 25.1 Å². The highest BCUT2D eigenvalue weighted by Gasteiger charge is 2.48. The predicted octanol–water partition coefficient (Wildman–Crippen LogP) is 3.89. The second-order valence-electron chi connectivity index (χ2n) is 8.50. The number of halogens is 1. The largest absolute Gasteiger partial charge is 0.352 e.